The van der Waals surface area contributed by atoms with E-state index in [1.54, 1.807) is 18.9 Å². The summed E-state index contributed by atoms with van der Waals surface area (Å²) in [6.07, 6.45) is 0. The van der Waals surface area contributed by atoms with Crippen molar-refractivity contribution >= 4 is 17.6 Å². The van der Waals surface area contributed by atoms with Crippen LogP contribution in [0.2, 0.25) is 0 Å². The van der Waals surface area contributed by atoms with Gasteiger partial charge in [0.05, 0.1) is 20.4 Å². The van der Waals surface area contributed by atoms with E-state index < -0.39 is 6.04 Å². The molecule has 2 aromatic rings. The van der Waals surface area contributed by atoms with Gasteiger partial charge in [0, 0.05) is 12.2 Å². The number of methoxy groups -OCH3 is 1. The highest BCUT2D eigenvalue weighted by molar-refractivity contribution is 6.14. The fourth-order valence-corrected chi connectivity index (χ4v) is 3.58. The molecule has 7 nitrogen and oxygen atoms in total. The van der Waals surface area contributed by atoms with Crippen LogP contribution in [0.15, 0.2) is 42.5 Å². The van der Waals surface area contributed by atoms with Gasteiger partial charge in [-0.3, -0.25) is 14.6 Å². The number of hydrogen-bond acceptors (Lipinski definition) is 5. The van der Waals surface area contributed by atoms with Gasteiger partial charge in [-0.25, -0.2) is 9.69 Å². The Kier molecular flexibility index (Phi) is 6.62. The Morgan fingerprint density at radius 1 is 1.07 bits per heavy atom. The first-order valence-electron chi connectivity index (χ1n) is 10.0. The smallest absolute Gasteiger partial charge is 0.333 e. The Hall–Kier alpha value is -3.06. The Morgan fingerprint density at radius 2 is 1.77 bits per heavy atom. The van der Waals surface area contributed by atoms with Crippen LogP contribution in [-0.4, -0.2) is 55.2 Å². The van der Waals surface area contributed by atoms with Crippen molar-refractivity contribution in [1.82, 2.24) is 9.80 Å². The predicted molar refractivity (Wildman–Crippen MR) is 116 cm³/mol. The molecule has 0 saturated carbocycles. The number of imide groups is 1. The SMILES string of the molecule is CCOc1ccc(CN(C)CN2C(=O)[C@@H](C)N(c3ccc(C)cc3)C2=O)cc1OC. The van der Waals surface area contributed by atoms with Gasteiger partial charge in [-0.1, -0.05) is 23.8 Å². The van der Waals surface area contributed by atoms with Gasteiger partial charge in [0.15, 0.2) is 11.5 Å². The molecule has 1 saturated heterocycles. The molecule has 0 N–H and O–H groups in total. The normalized spacial score (nSPS) is 16.5. The van der Waals surface area contributed by atoms with Crippen LogP contribution in [0.5, 0.6) is 11.5 Å². The molecule has 3 rings (SSSR count). The second-order valence-corrected chi connectivity index (χ2v) is 7.50. The number of benzene rings is 2. The van der Waals surface area contributed by atoms with Crippen LogP contribution in [0.3, 0.4) is 0 Å². The molecule has 0 spiro atoms. The van der Waals surface area contributed by atoms with E-state index in [2.05, 4.69) is 0 Å². The maximum atomic E-state index is 13.0. The molecule has 7 heteroatoms. The fourth-order valence-electron chi connectivity index (χ4n) is 3.58. The molecule has 1 aliphatic heterocycles. The molecule has 0 radical (unpaired) electrons. The van der Waals surface area contributed by atoms with Crippen molar-refractivity contribution in [2.75, 3.05) is 32.3 Å². The molecule has 0 aromatic heterocycles. The lowest BCUT2D eigenvalue weighted by molar-refractivity contribution is -0.128. The van der Waals surface area contributed by atoms with Crippen LogP contribution in [0.25, 0.3) is 0 Å². The number of aryl methyl sites for hydroxylation is 1. The highest BCUT2D eigenvalue weighted by atomic mass is 16.5. The van der Waals surface area contributed by atoms with Crippen LogP contribution in [-0.2, 0) is 11.3 Å². The van der Waals surface area contributed by atoms with E-state index in [4.69, 9.17) is 9.47 Å². The zero-order chi connectivity index (χ0) is 21.8. The van der Waals surface area contributed by atoms with Crippen LogP contribution in [0.4, 0.5) is 10.5 Å². The number of nitrogens with zero attached hydrogens (tertiary/aromatic N) is 3. The highest BCUT2D eigenvalue weighted by Gasteiger charge is 2.43. The first-order chi connectivity index (χ1) is 14.3. The molecule has 3 amide bonds. The van der Waals surface area contributed by atoms with E-state index >= 15 is 0 Å². The summed E-state index contributed by atoms with van der Waals surface area (Å²) in [6, 6.07) is 12.5. The standard InChI is InChI=1S/C23H29N3O4/c1-6-30-20-12-9-18(13-21(20)29-5)14-24(4)15-25-22(27)17(3)26(23(25)28)19-10-7-16(2)8-11-19/h7-13,17H,6,14-15H2,1-5H3/t17-/m1/s1. The van der Waals surface area contributed by atoms with Crippen LogP contribution in [0.1, 0.15) is 25.0 Å². The molecule has 160 valence electrons. The minimum absolute atomic E-state index is 0.198. The molecule has 1 fully saturated rings. The number of hydrogen-bond donors (Lipinski definition) is 0. The van der Waals surface area contributed by atoms with Gasteiger partial charge in [0.2, 0.25) is 0 Å². The monoisotopic (exact) mass is 411 g/mol. The third-order valence-corrected chi connectivity index (χ3v) is 5.12. The average Bonchev–Trinajstić information content (AvgIpc) is 2.93. The molecule has 2 aromatic carbocycles. The summed E-state index contributed by atoms with van der Waals surface area (Å²) >= 11 is 0. The van der Waals surface area contributed by atoms with E-state index in [-0.39, 0.29) is 18.6 Å². The highest BCUT2D eigenvalue weighted by Crippen LogP contribution is 2.29. The topological polar surface area (TPSA) is 62.3 Å². The van der Waals surface area contributed by atoms with Crippen molar-refractivity contribution in [2.45, 2.75) is 33.4 Å². The van der Waals surface area contributed by atoms with Gasteiger partial charge in [-0.05, 0) is 57.6 Å². The molecular weight excluding hydrogens is 382 g/mol. The fraction of sp³-hybridized carbons (Fsp3) is 0.391. The number of carbonyl (C=O) groups is 2. The van der Waals surface area contributed by atoms with Gasteiger partial charge in [-0.2, -0.15) is 0 Å². The molecule has 0 aliphatic carbocycles. The largest absolute Gasteiger partial charge is 0.493 e. The summed E-state index contributed by atoms with van der Waals surface area (Å²) in [4.78, 5) is 30.5. The van der Waals surface area contributed by atoms with Crippen LogP contribution >= 0.6 is 0 Å². The second kappa shape index (κ2) is 9.17. The quantitative estimate of drug-likeness (QED) is 0.621. The second-order valence-electron chi connectivity index (χ2n) is 7.50. The van der Waals surface area contributed by atoms with Crippen molar-refractivity contribution in [2.24, 2.45) is 0 Å². The zero-order valence-electron chi connectivity index (χ0n) is 18.2. The molecule has 0 bridgehead atoms. The van der Waals surface area contributed by atoms with Gasteiger partial charge < -0.3 is 9.47 Å². The van der Waals surface area contributed by atoms with Crippen molar-refractivity contribution in [3.8, 4) is 11.5 Å². The van der Waals surface area contributed by atoms with E-state index in [0.717, 1.165) is 16.8 Å². The summed E-state index contributed by atoms with van der Waals surface area (Å²) in [5.41, 5.74) is 2.83. The Bertz CT molecular complexity index is 913. The number of rotatable bonds is 8. The van der Waals surface area contributed by atoms with E-state index in [9.17, 15) is 9.59 Å². The summed E-state index contributed by atoms with van der Waals surface area (Å²) in [5, 5.41) is 0. The van der Waals surface area contributed by atoms with E-state index in [0.29, 0.717) is 24.7 Å². The maximum absolute atomic E-state index is 13.0. The maximum Gasteiger partial charge on any atom is 0.333 e. The number of ether oxygens (including phenoxy) is 2. The van der Waals surface area contributed by atoms with Crippen LogP contribution in [0, 0.1) is 6.92 Å². The third kappa shape index (κ3) is 4.41. The molecule has 1 atom stereocenters. The van der Waals surface area contributed by atoms with Gasteiger partial charge >= 0.3 is 6.03 Å². The molecular formula is C23H29N3O4. The third-order valence-electron chi connectivity index (χ3n) is 5.12. The number of urea groups is 1. The van der Waals surface area contributed by atoms with Crippen LogP contribution < -0.4 is 14.4 Å². The number of carbonyl (C=O) groups excluding carboxylic acids is 2. The first-order valence-corrected chi connectivity index (χ1v) is 10.0. The Morgan fingerprint density at radius 3 is 2.40 bits per heavy atom. The van der Waals surface area contributed by atoms with Crippen molar-refractivity contribution < 1.29 is 19.1 Å². The molecule has 1 aliphatic rings. The molecule has 30 heavy (non-hydrogen) atoms. The average molecular weight is 412 g/mol. The van der Waals surface area contributed by atoms with Crippen molar-refractivity contribution in [3.05, 3.63) is 53.6 Å². The lowest BCUT2D eigenvalue weighted by atomic mass is 10.2. The van der Waals surface area contributed by atoms with Gasteiger partial charge in [-0.15, -0.1) is 0 Å². The van der Waals surface area contributed by atoms with Gasteiger partial charge in [0.25, 0.3) is 5.91 Å². The minimum atomic E-state index is -0.529. The number of anilines is 1. The van der Waals surface area contributed by atoms with Gasteiger partial charge in [0.1, 0.15) is 6.04 Å². The summed E-state index contributed by atoms with van der Waals surface area (Å²) in [6.45, 7) is 6.99. The summed E-state index contributed by atoms with van der Waals surface area (Å²) in [7, 11) is 3.48. The first kappa shape index (κ1) is 21.6. The lowest BCUT2D eigenvalue weighted by Gasteiger charge is -2.23. The lowest BCUT2D eigenvalue weighted by Crippen LogP contribution is -2.40. The predicted octanol–water partition coefficient (Wildman–Crippen LogP) is 3.65. The Labute approximate surface area is 177 Å². The summed E-state index contributed by atoms with van der Waals surface area (Å²) in [5.74, 6) is 1.16. The minimum Gasteiger partial charge on any atom is -0.493 e. The molecule has 1 heterocycles. The summed E-state index contributed by atoms with van der Waals surface area (Å²) < 4.78 is 11.0. The Balaban J connectivity index is 1.70. The zero-order valence-corrected chi connectivity index (χ0v) is 18.2. The van der Waals surface area contributed by atoms with Crippen molar-refractivity contribution in [1.29, 1.82) is 0 Å². The number of amides is 3. The van der Waals surface area contributed by atoms with E-state index in [1.807, 2.05) is 68.3 Å². The molecule has 0 unspecified atom stereocenters. The van der Waals surface area contributed by atoms with E-state index in [1.165, 1.54) is 4.90 Å². The van der Waals surface area contributed by atoms with Crippen molar-refractivity contribution in [3.63, 3.8) is 0 Å².